The molecule has 0 bridgehead atoms. The second-order valence-corrected chi connectivity index (χ2v) is 6.29. The van der Waals surface area contributed by atoms with E-state index in [9.17, 15) is 9.59 Å². The summed E-state index contributed by atoms with van der Waals surface area (Å²) >= 11 is 6.37. The van der Waals surface area contributed by atoms with E-state index < -0.39 is 5.91 Å². The van der Waals surface area contributed by atoms with E-state index in [4.69, 9.17) is 17.3 Å². The molecule has 4 nitrogen and oxygen atoms in total. The van der Waals surface area contributed by atoms with Crippen LogP contribution < -0.4 is 11.3 Å². The van der Waals surface area contributed by atoms with Gasteiger partial charge in [0.2, 0.25) is 0 Å². The normalized spacial score (nSPS) is 11.2. The van der Waals surface area contributed by atoms with E-state index in [1.54, 1.807) is 18.2 Å². The van der Waals surface area contributed by atoms with Crippen molar-refractivity contribution in [3.05, 3.63) is 69.6 Å². The van der Waals surface area contributed by atoms with E-state index >= 15 is 0 Å². The molecule has 0 saturated carbocycles. The molecule has 0 unspecified atom stereocenters. The Morgan fingerprint density at radius 1 is 1.04 bits per heavy atom. The van der Waals surface area contributed by atoms with Crippen LogP contribution in [-0.2, 0) is 0 Å². The Labute approximate surface area is 144 Å². The van der Waals surface area contributed by atoms with Crippen molar-refractivity contribution < 1.29 is 4.79 Å². The highest BCUT2D eigenvalue weighted by Crippen LogP contribution is 2.35. The minimum atomic E-state index is -0.651. The number of aromatic nitrogens is 1. The van der Waals surface area contributed by atoms with Crippen molar-refractivity contribution in [1.29, 1.82) is 0 Å². The van der Waals surface area contributed by atoms with Gasteiger partial charge in [0.25, 0.3) is 11.5 Å². The highest BCUT2D eigenvalue weighted by molar-refractivity contribution is 6.34. The van der Waals surface area contributed by atoms with Gasteiger partial charge in [-0.2, -0.15) is 0 Å². The number of benzene rings is 2. The van der Waals surface area contributed by atoms with Gasteiger partial charge in [0.05, 0.1) is 0 Å². The first-order valence-electron chi connectivity index (χ1n) is 7.65. The standard InChI is InChI=1S/C19H17ClN2O2/c1-11(2)22-17(18(21)23)16(14-9-5-6-10-15(14)20)12-7-3-4-8-13(12)19(22)24/h3-11H,1-2H3,(H2,21,23). The molecule has 2 N–H and O–H groups in total. The minimum absolute atomic E-state index is 0.182. The third-order valence-electron chi connectivity index (χ3n) is 4.02. The lowest BCUT2D eigenvalue weighted by atomic mass is 9.96. The van der Waals surface area contributed by atoms with Crippen LogP contribution in [0.25, 0.3) is 21.9 Å². The first kappa shape index (κ1) is 16.3. The number of hydrogen-bond donors (Lipinski definition) is 1. The molecule has 0 aliphatic carbocycles. The van der Waals surface area contributed by atoms with E-state index in [-0.39, 0.29) is 17.3 Å². The van der Waals surface area contributed by atoms with Gasteiger partial charge in [-0.25, -0.2) is 0 Å². The lowest BCUT2D eigenvalue weighted by Crippen LogP contribution is -2.31. The number of hydrogen-bond acceptors (Lipinski definition) is 2. The van der Waals surface area contributed by atoms with Crippen LogP contribution >= 0.6 is 11.6 Å². The summed E-state index contributed by atoms with van der Waals surface area (Å²) in [6, 6.07) is 14.2. The molecule has 0 spiro atoms. The van der Waals surface area contributed by atoms with Gasteiger partial charge in [-0.1, -0.05) is 48.0 Å². The summed E-state index contributed by atoms with van der Waals surface area (Å²) in [5.74, 6) is -0.651. The summed E-state index contributed by atoms with van der Waals surface area (Å²) in [7, 11) is 0. The fourth-order valence-corrected chi connectivity index (χ4v) is 3.27. The first-order chi connectivity index (χ1) is 11.4. The Morgan fingerprint density at radius 2 is 1.62 bits per heavy atom. The van der Waals surface area contributed by atoms with Gasteiger partial charge in [0.1, 0.15) is 5.69 Å². The smallest absolute Gasteiger partial charge is 0.266 e. The average molecular weight is 341 g/mol. The highest BCUT2D eigenvalue weighted by atomic mass is 35.5. The zero-order valence-electron chi connectivity index (χ0n) is 13.4. The van der Waals surface area contributed by atoms with Gasteiger partial charge >= 0.3 is 0 Å². The number of nitrogens with zero attached hydrogens (tertiary/aromatic N) is 1. The minimum Gasteiger partial charge on any atom is -0.364 e. The maximum atomic E-state index is 12.9. The van der Waals surface area contributed by atoms with Crippen molar-refractivity contribution in [3.8, 4) is 11.1 Å². The molecular weight excluding hydrogens is 324 g/mol. The molecule has 24 heavy (non-hydrogen) atoms. The second kappa shape index (κ2) is 6.13. The van der Waals surface area contributed by atoms with Crippen LogP contribution in [0.2, 0.25) is 5.02 Å². The predicted molar refractivity (Wildman–Crippen MR) is 97.6 cm³/mol. The quantitative estimate of drug-likeness (QED) is 0.783. The summed E-state index contributed by atoms with van der Waals surface area (Å²) in [5.41, 5.74) is 6.88. The number of amides is 1. The molecule has 3 rings (SSSR count). The molecule has 0 aliphatic heterocycles. The topological polar surface area (TPSA) is 65.1 Å². The van der Waals surface area contributed by atoms with E-state index in [1.165, 1.54) is 4.57 Å². The molecule has 5 heteroatoms. The molecule has 1 heterocycles. The molecule has 0 radical (unpaired) electrons. The van der Waals surface area contributed by atoms with Gasteiger partial charge in [-0.05, 0) is 31.4 Å². The van der Waals surface area contributed by atoms with E-state index in [1.807, 2.05) is 44.2 Å². The Kier molecular flexibility index (Phi) is 4.16. The van der Waals surface area contributed by atoms with Crippen molar-refractivity contribution in [2.75, 3.05) is 0 Å². The number of halogens is 1. The third kappa shape index (κ3) is 2.49. The number of pyridine rings is 1. The van der Waals surface area contributed by atoms with Crippen LogP contribution in [0.3, 0.4) is 0 Å². The van der Waals surface area contributed by atoms with Crippen LogP contribution in [0, 0.1) is 0 Å². The van der Waals surface area contributed by atoms with E-state index in [2.05, 4.69) is 0 Å². The summed E-state index contributed by atoms with van der Waals surface area (Å²) in [6.45, 7) is 3.69. The van der Waals surface area contributed by atoms with Gasteiger partial charge < -0.3 is 10.3 Å². The van der Waals surface area contributed by atoms with Crippen LogP contribution in [0.4, 0.5) is 0 Å². The number of carbonyl (C=O) groups excluding carboxylic acids is 1. The Hall–Kier alpha value is -2.59. The maximum Gasteiger partial charge on any atom is 0.266 e. The van der Waals surface area contributed by atoms with Gasteiger partial charge in [0, 0.05) is 27.6 Å². The van der Waals surface area contributed by atoms with Gasteiger partial charge in [-0.3, -0.25) is 9.59 Å². The Bertz CT molecular complexity index is 1010. The van der Waals surface area contributed by atoms with Crippen molar-refractivity contribution in [3.63, 3.8) is 0 Å². The Balaban J connectivity index is 2.63. The van der Waals surface area contributed by atoms with Gasteiger partial charge in [0.15, 0.2) is 0 Å². The fourth-order valence-electron chi connectivity index (χ4n) is 3.04. The average Bonchev–Trinajstić information content (AvgIpc) is 2.55. The van der Waals surface area contributed by atoms with Crippen LogP contribution in [0.1, 0.15) is 30.4 Å². The van der Waals surface area contributed by atoms with E-state index in [0.717, 1.165) is 0 Å². The zero-order valence-corrected chi connectivity index (χ0v) is 14.2. The summed E-state index contributed by atoms with van der Waals surface area (Å²) in [6.07, 6.45) is 0. The first-order valence-corrected chi connectivity index (χ1v) is 8.03. The molecule has 122 valence electrons. The third-order valence-corrected chi connectivity index (χ3v) is 4.35. The maximum absolute atomic E-state index is 12.9. The SMILES string of the molecule is CC(C)n1c(C(N)=O)c(-c2ccccc2Cl)c2ccccc2c1=O. The van der Waals surface area contributed by atoms with Crippen LogP contribution in [0.5, 0.6) is 0 Å². The number of carbonyl (C=O) groups is 1. The molecule has 0 saturated heterocycles. The largest absolute Gasteiger partial charge is 0.364 e. The lowest BCUT2D eigenvalue weighted by Gasteiger charge is -2.21. The highest BCUT2D eigenvalue weighted by Gasteiger charge is 2.23. The fraction of sp³-hybridized carbons (Fsp3) is 0.158. The Morgan fingerprint density at radius 3 is 2.21 bits per heavy atom. The predicted octanol–water partition coefficient (Wildman–Crippen LogP) is 4.00. The number of fused-ring (bicyclic) bond motifs is 1. The van der Waals surface area contributed by atoms with Crippen molar-refractivity contribution in [1.82, 2.24) is 4.57 Å². The molecule has 0 aliphatic rings. The van der Waals surface area contributed by atoms with Crippen molar-refractivity contribution in [2.24, 2.45) is 5.73 Å². The lowest BCUT2D eigenvalue weighted by molar-refractivity contribution is 0.0989. The molecule has 3 aromatic rings. The summed E-state index contributed by atoms with van der Waals surface area (Å²) in [4.78, 5) is 25.1. The van der Waals surface area contributed by atoms with E-state index in [0.29, 0.717) is 26.9 Å². The molecule has 1 amide bonds. The molecule has 0 atom stereocenters. The number of nitrogens with two attached hydrogens (primary N) is 1. The van der Waals surface area contributed by atoms with Crippen molar-refractivity contribution >= 4 is 28.3 Å². The molecule has 0 fully saturated rings. The molecule has 2 aromatic carbocycles. The number of rotatable bonds is 3. The number of primary amides is 1. The summed E-state index contributed by atoms with van der Waals surface area (Å²) in [5, 5.41) is 1.70. The van der Waals surface area contributed by atoms with Crippen molar-refractivity contribution in [2.45, 2.75) is 19.9 Å². The van der Waals surface area contributed by atoms with Crippen LogP contribution in [-0.4, -0.2) is 10.5 Å². The molecular formula is C19H17ClN2O2. The second-order valence-electron chi connectivity index (χ2n) is 5.88. The zero-order chi connectivity index (χ0) is 17.4. The van der Waals surface area contributed by atoms with Crippen LogP contribution in [0.15, 0.2) is 53.3 Å². The monoisotopic (exact) mass is 340 g/mol. The summed E-state index contributed by atoms with van der Waals surface area (Å²) < 4.78 is 1.45. The van der Waals surface area contributed by atoms with Gasteiger partial charge in [-0.15, -0.1) is 0 Å². The molecule has 1 aromatic heterocycles.